The van der Waals surface area contributed by atoms with Gasteiger partial charge in [0.15, 0.2) is 5.67 Å². The number of halogens is 1. The maximum atomic E-state index is 15.7. The van der Waals surface area contributed by atoms with Gasteiger partial charge in [0, 0.05) is 12.0 Å². The lowest BCUT2D eigenvalue weighted by molar-refractivity contribution is 0.235. The van der Waals surface area contributed by atoms with Crippen LogP contribution < -0.4 is 0 Å². The summed E-state index contributed by atoms with van der Waals surface area (Å²) in [6, 6.07) is 14.7. The van der Waals surface area contributed by atoms with Gasteiger partial charge in [0.05, 0.1) is 0 Å². The van der Waals surface area contributed by atoms with E-state index in [-0.39, 0.29) is 0 Å². The number of hydrogen-bond donors (Lipinski definition) is 0. The summed E-state index contributed by atoms with van der Waals surface area (Å²) in [6.45, 7) is 4.24. The number of aryl methyl sites for hydroxylation is 2. The molecule has 0 spiro atoms. The van der Waals surface area contributed by atoms with E-state index >= 15 is 4.39 Å². The van der Waals surface area contributed by atoms with E-state index in [0.717, 1.165) is 28.7 Å². The monoisotopic (exact) mass is 334 g/mol. The Balaban J connectivity index is 2.01. The molecule has 0 amide bonds. The second kappa shape index (κ2) is 7.82. The Hall–Kier alpha value is -2.15. The Morgan fingerprint density at radius 1 is 1.04 bits per heavy atom. The van der Waals surface area contributed by atoms with Crippen molar-refractivity contribution in [2.75, 3.05) is 0 Å². The van der Waals surface area contributed by atoms with Gasteiger partial charge >= 0.3 is 0 Å². The molecule has 2 aromatic rings. The van der Waals surface area contributed by atoms with E-state index in [2.05, 4.69) is 37.3 Å². The normalized spacial score (nSPS) is 19.3. The fourth-order valence-corrected chi connectivity index (χ4v) is 3.71. The van der Waals surface area contributed by atoms with Gasteiger partial charge in [-0.25, -0.2) is 4.39 Å². The second-order valence-electron chi connectivity index (χ2n) is 7.01. The van der Waals surface area contributed by atoms with Crippen LogP contribution >= 0.6 is 0 Å². The zero-order valence-corrected chi connectivity index (χ0v) is 15.3. The van der Waals surface area contributed by atoms with Gasteiger partial charge in [0.1, 0.15) is 0 Å². The number of allylic oxidation sites excluding steroid dienone is 4. The van der Waals surface area contributed by atoms with Crippen molar-refractivity contribution < 1.29 is 4.39 Å². The van der Waals surface area contributed by atoms with Gasteiger partial charge in [-0.3, -0.25) is 0 Å². The molecule has 0 heterocycles. The van der Waals surface area contributed by atoms with Gasteiger partial charge in [0.25, 0.3) is 0 Å². The van der Waals surface area contributed by atoms with Crippen LogP contribution in [-0.4, -0.2) is 0 Å². The minimum atomic E-state index is -1.42. The van der Waals surface area contributed by atoms with Crippen LogP contribution in [0.5, 0.6) is 0 Å². The largest absolute Gasteiger partial charge is 0.234 e. The summed E-state index contributed by atoms with van der Waals surface area (Å²) in [5.41, 5.74) is 3.86. The average Bonchev–Trinajstić information content (AvgIpc) is 2.62. The first kappa shape index (κ1) is 17.7. The summed E-state index contributed by atoms with van der Waals surface area (Å²) >= 11 is 0. The Morgan fingerprint density at radius 3 is 2.64 bits per heavy atom. The molecule has 0 aromatic heterocycles. The minimum Gasteiger partial charge on any atom is -0.234 e. The number of unbranched alkanes of at least 4 members (excludes halogenated alkanes) is 2. The van der Waals surface area contributed by atoms with Gasteiger partial charge < -0.3 is 0 Å². The van der Waals surface area contributed by atoms with Crippen molar-refractivity contribution in [1.82, 2.24) is 0 Å². The van der Waals surface area contributed by atoms with Gasteiger partial charge in [-0.15, -0.1) is 0 Å². The number of benzene rings is 2. The van der Waals surface area contributed by atoms with Crippen molar-refractivity contribution in [1.29, 1.82) is 0 Å². The van der Waals surface area contributed by atoms with Crippen molar-refractivity contribution in [3.05, 3.63) is 83.5 Å². The second-order valence-corrected chi connectivity index (χ2v) is 7.01. The standard InChI is InChI=1S/C24H27F/c1-3-4-6-12-20-13-10-14-21(18-20)22-15-9-11-19(2)23(22)24(25)16-7-5-8-17-24/h5,7-11,13-16,18H,3-4,6,12,17H2,1-2H3. The zero-order chi connectivity index (χ0) is 17.7. The van der Waals surface area contributed by atoms with Crippen LogP contribution in [0.3, 0.4) is 0 Å². The Morgan fingerprint density at radius 2 is 1.88 bits per heavy atom. The van der Waals surface area contributed by atoms with Gasteiger partial charge in [-0.2, -0.15) is 0 Å². The Bertz CT molecular complexity index is 784. The lowest BCUT2D eigenvalue weighted by Gasteiger charge is -2.27. The number of alkyl halides is 1. The van der Waals surface area contributed by atoms with Crippen LogP contribution in [0, 0.1) is 6.92 Å². The van der Waals surface area contributed by atoms with Crippen LogP contribution in [0.4, 0.5) is 4.39 Å². The average molecular weight is 334 g/mol. The SMILES string of the molecule is CCCCCc1cccc(-c2cccc(C)c2C2(F)C=CC=CC2)c1. The molecule has 2 aromatic carbocycles. The van der Waals surface area contributed by atoms with Crippen LogP contribution in [0.25, 0.3) is 11.1 Å². The van der Waals surface area contributed by atoms with Crippen LogP contribution in [-0.2, 0) is 12.1 Å². The highest BCUT2D eigenvalue weighted by molar-refractivity contribution is 5.71. The molecule has 0 nitrogen and oxygen atoms in total. The topological polar surface area (TPSA) is 0 Å². The molecule has 0 radical (unpaired) electrons. The van der Waals surface area contributed by atoms with E-state index in [9.17, 15) is 0 Å². The molecule has 1 heteroatoms. The van der Waals surface area contributed by atoms with Gasteiger partial charge in [-0.05, 0) is 48.1 Å². The highest BCUT2D eigenvalue weighted by atomic mass is 19.1. The van der Waals surface area contributed by atoms with Crippen LogP contribution in [0.1, 0.15) is 49.3 Å². The van der Waals surface area contributed by atoms with E-state index < -0.39 is 5.67 Å². The molecule has 0 N–H and O–H groups in total. The van der Waals surface area contributed by atoms with Gasteiger partial charge in [-0.1, -0.05) is 80.5 Å². The van der Waals surface area contributed by atoms with E-state index in [1.54, 1.807) is 6.08 Å². The van der Waals surface area contributed by atoms with E-state index in [0.29, 0.717) is 6.42 Å². The molecule has 130 valence electrons. The van der Waals surface area contributed by atoms with Crippen LogP contribution in [0.2, 0.25) is 0 Å². The molecule has 0 aliphatic heterocycles. The molecule has 1 aliphatic rings. The molecule has 0 bridgehead atoms. The molecular formula is C24H27F. The summed E-state index contributed by atoms with van der Waals surface area (Å²) in [7, 11) is 0. The molecule has 0 saturated carbocycles. The first-order chi connectivity index (χ1) is 12.1. The van der Waals surface area contributed by atoms with Crippen molar-refractivity contribution in [2.45, 2.75) is 51.6 Å². The number of rotatable bonds is 6. The highest BCUT2D eigenvalue weighted by Gasteiger charge is 2.32. The smallest absolute Gasteiger partial charge is 0.158 e. The molecule has 25 heavy (non-hydrogen) atoms. The molecule has 0 saturated heterocycles. The summed E-state index contributed by atoms with van der Waals surface area (Å²) in [6.07, 6.45) is 12.5. The summed E-state index contributed by atoms with van der Waals surface area (Å²) in [5, 5.41) is 0. The van der Waals surface area contributed by atoms with Crippen molar-refractivity contribution in [3.8, 4) is 11.1 Å². The van der Waals surface area contributed by atoms with Crippen molar-refractivity contribution >= 4 is 0 Å². The third-order valence-electron chi connectivity index (χ3n) is 5.02. The maximum Gasteiger partial charge on any atom is 0.158 e. The maximum absolute atomic E-state index is 15.7. The molecular weight excluding hydrogens is 307 g/mol. The molecule has 1 unspecified atom stereocenters. The van der Waals surface area contributed by atoms with Crippen molar-refractivity contribution in [2.24, 2.45) is 0 Å². The molecule has 0 fully saturated rings. The fourth-order valence-electron chi connectivity index (χ4n) is 3.71. The van der Waals surface area contributed by atoms with E-state index in [4.69, 9.17) is 0 Å². The van der Waals surface area contributed by atoms with E-state index in [1.807, 2.05) is 37.3 Å². The third kappa shape index (κ3) is 3.92. The molecule has 1 atom stereocenters. The van der Waals surface area contributed by atoms with Gasteiger partial charge in [0.2, 0.25) is 0 Å². The number of hydrogen-bond acceptors (Lipinski definition) is 0. The van der Waals surface area contributed by atoms with E-state index in [1.165, 1.54) is 24.8 Å². The summed E-state index contributed by atoms with van der Waals surface area (Å²) in [5.74, 6) is 0. The van der Waals surface area contributed by atoms with Crippen molar-refractivity contribution in [3.63, 3.8) is 0 Å². The lowest BCUT2D eigenvalue weighted by Crippen LogP contribution is -2.20. The Labute approximate surface area is 151 Å². The Kier molecular flexibility index (Phi) is 5.53. The van der Waals surface area contributed by atoms with Crippen LogP contribution in [0.15, 0.2) is 66.8 Å². The predicted octanol–water partition coefficient (Wildman–Crippen LogP) is 7.08. The quantitative estimate of drug-likeness (QED) is 0.495. The minimum absolute atomic E-state index is 0.400. The summed E-state index contributed by atoms with van der Waals surface area (Å²) in [4.78, 5) is 0. The zero-order valence-electron chi connectivity index (χ0n) is 15.3. The lowest BCUT2D eigenvalue weighted by atomic mass is 9.81. The predicted molar refractivity (Wildman–Crippen MR) is 106 cm³/mol. The highest BCUT2D eigenvalue weighted by Crippen LogP contribution is 2.42. The third-order valence-corrected chi connectivity index (χ3v) is 5.02. The molecule has 1 aliphatic carbocycles. The first-order valence-electron chi connectivity index (χ1n) is 9.37. The fraction of sp³-hybridized carbons (Fsp3) is 0.333. The molecule has 3 rings (SSSR count). The first-order valence-corrected chi connectivity index (χ1v) is 9.37. The summed E-state index contributed by atoms with van der Waals surface area (Å²) < 4.78 is 15.7.